The second kappa shape index (κ2) is 9.27. The highest BCUT2D eigenvalue weighted by Crippen LogP contribution is 2.40. The van der Waals surface area contributed by atoms with Crippen molar-refractivity contribution < 1.29 is 14.3 Å². The summed E-state index contributed by atoms with van der Waals surface area (Å²) >= 11 is 0. The molecule has 0 aromatic rings. The molecule has 3 nitrogen and oxygen atoms in total. The van der Waals surface area contributed by atoms with Gasteiger partial charge in [-0.1, -0.05) is 47.5 Å². The maximum atomic E-state index is 11.9. The van der Waals surface area contributed by atoms with Gasteiger partial charge >= 0.3 is 5.97 Å². The molecule has 1 atom stereocenters. The van der Waals surface area contributed by atoms with E-state index in [2.05, 4.69) is 53.0 Å². The zero-order valence-corrected chi connectivity index (χ0v) is 15.9. The van der Waals surface area contributed by atoms with Crippen LogP contribution in [0.3, 0.4) is 0 Å². The summed E-state index contributed by atoms with van der Waals surface area (Å²) in [6, 6.07) is 0. The van der Waals surface area contributed by atoms with Gasteiger partial charge in [0.25, 0.3) is 0 Å². The van der Waals surface area contributed by atoms with Gasteiger partial charge in [-0.2, -0.15) is 0 Å². The summed E-state index contributed by atoms with van der Waals surface area (Å²) < 4.78 is 10.5. The maximum Gasteiger partial charge on any atom is 0.347 e. The predicted octanol–water partition coefficient (Wildman–Crippen LogP) is 4.18. The van der Waals surface area contributed by atoms with Crippen LogP contribution < -0.4 is 0 Å². The molecule has 0 amide bonds. The zero-order valence-electron chi connectivity index (χ0n) is 14.9. The highest BCUT2D eigenvalue weighted by atomic mass is 28.3. The van der Waals surface area contributed by atoms with E-state index in [1.54, 1.807) is 6.92 Å². The van der Waals surface area contributed by atoms with Crippen molar-refractivity contribution in [2.24, 2.45) is 0 Å². The first kappa shape index (κ1) is 20.2. The molecule has 0 aromatic carbocycles. The molecule has 0 rings (SSSR count). The molecule has 0 aromatic heterocycles. The molecule has 0 radical (unpaired) electrons. The van der Waals surface area contributed by atoms with Crippen molar-refractivity contribution in [2.45, 2.75) is 78.1 Å². The predicted molar refractivity (Wildman–Crippen MR) is 90.9 cm³/mol. The largest absolute Gasteiger partial charge is 0.463 e. The van der Waals surface area contributed by atoms with E-state index in [-0.39, 0.29) is 5.97 Å². The first-order valence-electron chi connectivity index (χ1n) is 8.04. The normalized spacial score (nSPS) is 13.3. The van der Waals surface area contributed by atoms with Crippen LogP contribution in [-0.2, 0) is 14.3 Å². The summed E-state index contributed by atoms with van der Waals surface area (Å²) in [5, 5.41) is 0. The number of esters is 1. The van der Waals surface area contributed by atoms with Gasteiger partial charge in [0.15, 0.2) is 0 Å². The molecule has 0 aliphatic carbocycles. The van der Waals surface area contributed by atoms with Crippen LogP contribution in [0.1, 0.15) is 55.4 Å². The average Bonchev–Trinajstić information content (AvgIpc) is 2.37. The third-order valence-corrected chi connectivity index (χ3v) is 10.4. The lowest BCUT2D eigenvalue weighted by atomic mass is 10.4. The van der Waals surface area contributed by atoms with E-state index >= 15 is 0 Å². The van der Waals surface area contributed by atoms with Gasteiger partial charge in [-0.05, 0) is 30.5 Å². The van der Waals surface area contributed by atoms with Crippen LogP contribution in [0.15, 0.2) is 0 Å². The van der Waals surface area contributed by atoms with Crippen LogP contribution >= 0.6 is 0 Å². The Labute approximate surface area is 131 Å². The molecule has 0 fully saturated rings. The van der Waals surface area contributed by atoms with Crippen LogP contribution in [0.4, 0.5) is 0 Å². The van der Waals surface area contributed by atoms with Crippen LogP contribution in [0.25, 0.3) is 0 Å². The van der Waals surface area contributed by atoms with Gasteiger partial charge in [-0.3, -0.25) is 0 Å². The SMILES string of the molecule is CCOC(=O)C(C#C[Si](C(C)C)(C(C)C)C(C)C)OCC. The third-order valence-electron chi connectivity index (χ3n) is 4.12. The molecular weight excluding hydrogens is 280 g/mol. The Bertz CT molecular complexity index is 355. The Morgan fingerprint density at radius 3 is 1.76 bits per heavy atom. The van der Waals surface area contributed by atoms with Gasteiger partial charge in [0.1, 0.15) is 8.07 Å². The van der Waals surface area contributed by atoms with Crippen molar-refractivity contribution in [1.82, 2.24) is 0 Å². The van der Waals surface area contributed by atoms with E-state index in [9.17, 15) is 4.79 Å². The lowest BCUT2D eigenvalue weighted by Crippen LogP contribution is -2.43. The van der Waals surface area contributed by atoms with Crippen LogP contribution in [0.5, 0.6) is 0 Å². The van der Waals surface area contributed by atoms with Crippen LogP contribution in [-0.4, -0.2) is 33.4 Å². The Hall–Kier alpha value is -0.793. The second-order valence-electron chi connectivity index (χ2n) is 6.25. The fraction of sp³-hybridized carbons (Fsp3) is 0.824. The molecule has 21 heavy (non-hydrogen) atoms. The molecule has 0 saturated heterocycles. The average molecular weight is 313 g/mol. The summed E-state index contributed by atoms with van der Waals surface area (Å²) in [5.74, 6) is 2.74. The van der Waals surface area contributed by atoms with Gasteiger partial charge < -0.3 is 9.47 Å². The lowest BCUT2D eigenvalue weighted by molar-refractivity contribution is -0.152. The summed E-state index contributed by atoms with van der Waals surface area (Å²) in [5.41, 5.74) is 5.13. The highest BCUT2D eigenvalue weighted by molar-refractivity contribution is 6.90. The second-order valence-corrected chi connectivity index (χ2v) is 11.8. The Morgan fingerprint density at radius 2 is 1.43 bits per heavy atom. The molecule has 4 heteroatoms. The Kier molecular flexibility index (Phi) is 8.92. The van der Waals surface area contributed by atoms with Crippen molar-refractivity contribution in [3.8, 4) is 11.5 Å². The van der Waals surface area contributed by atoms with Gasteiger partial charge in [-0.15, -0.1) is 5.54 Å². The van der Waals surface area contributed by atoms with Gasteiger partial charge in [0.2, 0.25) is 6.10 Å². The maximum absolute atomic E-state index is 11.9. The standard InChI is InChI=1S/C17H32O3Si/c1-9-19-16(17(18)20-10-2)11-12-21(13(3)4,14(5)6)15(7)8/h13-16H,9-10H2,1-8H3. The first-order valence-corrected chi connectivity index (χ1v) is 10.3. The number of rotatable bonds is 7. The summed E-state index contributed by atoms with van der Waals surface area (Å²) in [4.78, 5) is 11.9. The number of carbonyl (C=O) groups is 1. The summed E-state index contributed by atoms with van der Waals surface area (Å²) in [7, 11) is -1.84. The van der Waals surface area contributed by atoms with Crippen molar-refractivity contribution in [1.29, 1.82) is 0 Å². The minimum absolute atomic E-state index is 0.352. The van der Waals surface area contributed by atoms with Gasteiger partial charge in [-0.25, -0.2) is 4.79 Å². The summed E-state index contributed by atoms with van der Waals surface area (Å²) in [6.45, 7) is 18.0. The van der Waals surface area contributed by atoms with Gasteiger partial charge in [0, 0.05) is 6.61 Å². The fourth-order valence-corrected chi connectivity index (χ4v) is 8.42. The molecule has 122 valence electrons. The first-order chi connectivity index (χ1) is 9.73. The van der Waals surface area contributed by atoms with E-state index in [1.165, 1.54) is 0 Å². The van der Waals surface area contributed by atoms with Crippen LogP contribution in [0, 0.1) is 11.5 Å². The molecular formula is C17H32O3Si. The van der Waals surface area contributed by atoms with E-state index in [0.717, 1.165) is 0 Å². The fourth-order valence-electron chi connectivity index (χ4n) is 3.18. The van der Waals surface area contributed by atoms with E-state index in [4.69, 9.17) is 9.47 Å². The monoisotopic (exact) mass is 312 g/mol. The zero-order chi connectivity index (χ0) is 16.6. The molecule has 0 aliphatic heterocycles. The Morgan fingerprint density at radius 1 is 0.952 bits per heavy atom. The van der Waals surface area contributed by atoms with Crippen molar-refractivity contribution in [3.63, 3.8) is 0 Å². The van der Waals surface area contributed by atoms with Crippen molar-refractivity contribution >= 4 is 14.0 Å². The summed E-state index contributed by atoms with van der Waals surface area (Å²) in [6.07, 6.45) is -0.752. The third kappa shape index (κ3) is 5.16. The highest BCUT2D eigenvalue weighted by Gasteiger charge is 2.42. The quantitative estimate of drug-likeness (QED) is 0.402. The minimum atomic E-state index is -1.84. The Balaban J connectivity index is 5.54. The molecule has 0 spiro atoms. The molecule has 0 aliphatic rings. The molecule has 0 heterocycles. The van der Waals surface area contributed by atoms with Crippen molar-refractivity contribution in [2.75, 3.05) is 13.2 Å². The number of carbonyl (C=O) groups excluding carboxylic acids is 1. The number of hydrogen-bond donors (Lipinski definition) is 0. The lowest BCUT2D eigenvalue weighted by Gasteiger charge is -2.38. The van der Waals surface area contributed by atoms with Gasteiger partial charge in [0.05, 0.1) is 6.61 Å². The topological polar surface area (TPSA) is 35.5 Å². The molecule has 0 N–H and O–H groups in total. The van der Waals surface area contributed by atoms with E-state index in [0.29, 0.717) is 29.8 Å². The van der Waals surface area contributed by atoms with E-state index < -0.39 is 14.2 Å². The number of ether oxygens (including phenoxy) is 2. The van der Waals surface area contributed by atoms with E-state index in [1.807, 2.05) is 6.92 Å². The molecule has 1 unspecified atom stereocenters. The number of hydrogen-bond acceptors (Lipinski definition) is 3. The molecule has 0 saturated carbocycles. The minimum Gasteiger partial charge on any atom is -0.463 e. The molecule has 0 bridgehead atoms. The van der Waals surface area contributed by atoms with Crippen LogP contribution in [0.2, 0.25) is 16.6 Å². The smallest absolute Gasteiger partial charge is 0.347 e. The van der Waals surface area contributed by atoms with Crippen molar-refractivity contribution in [3.05, 3.63) is 0 Å².